The van der Waals surface area contributed by atoms with Gasteiger partial charge in [-0.25, -0.2) is 9.07 Å². The number of pyridine rings is 1. The van der Waals surface area contributed by atoms with Crippen molar-refractivity contribution in [3.05, 3.63) is 71.6 Å². The molecule has 1 aliphatic rings. The van der Waals surface area contributed by atoms with Crippen LogP contribution in [0.2, 0.25) is 0 Å². The summed E-state index contributed by atoms with van der Waals surface area (Å²) in [5.41, 5.74) is 2.75. The molecule has 0 radical (unpaired) electrons. The van der Waals surface area contributed by atoms with Crippen LogP contribution >= 0.6 is 0 Å². The van der Waals surface area contributed by atoms with Gasteiger partial charge in [0.2, 0.25) is 0 Å². The molecule has 3 heterocycles. The average Bonchev–Trinajstić information content (AvgIpc) is 3.23. The van der Waals surface area contributed by atoms with Gasteiger partial charge in [-0.15, -0.1) is 5.10 Å². The van der Waals surface area contributed by atoms with Crippen molar-refractivity contribution in [2.45, 2.75) is 19.9 Å². The molecule has 1 amide bonds. The van der Waals surface area contributed by atoms with Crippen LogP contribution in [-0.4, -0.2) is 61.9 Å². The van der Waals surface area contributed by atoms with E-state index >= 15 is 0 Å². The number of carbonyl (C=O) groups excluding carboxylic acids is 1. The van der Waals surface area contributed by atoms with Crippen molar-refractivity contribution in [3.8, 4) is 5.69 Å². The molecule has 1 saturated heterocycles. The Morgan fingerprint density at radius 1 is 1.14 bits per heavy atom. The van der Waals surface area contributed by atoms with Crippen LogP contribution in [0, 0.1) is 12.7 Å². The molecule has 0 N–H and O–H groups in total. The summed E-state index contributed by atoms with van der Waals surface area (Å²) in [6.45, 7) is 6.72. The number of piperazine rings is 1. The average molecular weight is 394 g/mol. The highest BCUT2D eigenvalue weighted by Gasteiger charge is 2.27. The lowest BCUT2D eigenvalue weighted by Crippen LogP contribution is -2.49. The Labute approximate surface area is 168 Å². The zero-order chi connectivity index (χ0) is 20.4. The highest BCUT2D eigenvalue weighted by atomic mass is 19.1. The van der Waals surface area contributed by atoms with Crippen LogP contribution in [0.5, 0.6) is 0 Å². The predicted octanol–water partition coefficient (Wildman–Crippen LogP) is 2.63. The standard InChI is InChI=1S/C21H23FN6O/c1-15-13-17(22)6-7-20(15)28-14-19(24-25-28)21(29)27-11-9-26(10-12-27)16(2)18-5-3-4-8-23-18/h3-8,13-14,16H,9-12H2,1-2H3/t16-/m0/s1. The minimum absolute atomic E-state index is 0.138. The van der Waals surface area contributed by atoms with Gasteiger partial charge < -0.3 is 4.90 Å². The lowest BCUT2D eigenvalue weighted by Gasteiger charge is -2.37. The highest BCUT2D eigenvalue weighted by Crippen LogP contribution is 2.20. The molecule has 1 atom stereocenters. The van der Waals surface area contributed by atoms with Crippen LogP contribution in [0.3, 0.4) is 0 Å². The van der Waals surface area contributed by atoms with Crippen molar-refractivity contribution in [1.82, 2.24) is 29.8 Å². The largest absolute Gasteiger partial charge is 0.335 e. The Morgan fingerprint density at radius 3 is 2.62 bits per heavy atom. The SMILES string of the molecule is Cc1cc(F)ccc1-n1cc(C(=O)N2CCN([C@@H](C)c3ccccn3)CC2)nn1. The van der Waals surface area contributed by atoms with Crippen molar-refractivity contribution in [1.29, 1.82) is 0 Å². The summed E-state index contributed by atoms with van der Waals surface area (Å²) in [6, 6.07) is 10.6. The number of rotatable bonds is 4. The van der Waals surface area contributed by atoms with E-state index < -0.39 is 0 Å². The van der Waals surface area contributed by atoms with E-state index in [-0.39, 0.29) is 17.8 Å². The van der Waals surface area contributed by atoms with Crippen molar-refractivity contribution in [3.63, 3.8) is 0 Å². The number of hydrogen-bond donors (Lipinski definition) is 0. The molecule has 0 saturated carbocycles. The molecule has 3 aromatic rings. The summed E-state index contributed by atoms with van der Waals surface area (Å²) in [6.07, 6.45) is 3.41. The quantitative estimate of drug-likeness (QED) is 0.681. The lowest BCUT2D eigenvalue weighted by atomic mass is 10.1. The van der Waals surface area contributed by atoms with Gasteiger partial charge in [0, 0.05) is 38.4 Å². The first-order valence-corrected chi connectivity index (χ1v) is 9.66. The van der Waals surface area contributed by atoms with E-state index in [0.29, 0.717) is 24.5 Å². The van der Waals surface area contributed by atoms with E-state index in [1.807, 2.05) is 18.2 Å². The summed E-state index contributed by atoms with van der Waals surface area (Å²) in [4.78, 5) is 21.4. The predicted molar refractivity (Wildman–Crippen MR) is 106 cm³/mol. The fourth-order valence-corrected chi connectivity index (χ4v) is 3.64. The lowest BCUT2D eigenvalue weighted by molar-refractivity contribution is 0.0573. The topological polar surface area (TPSA) is 67.2 Å². The molecule has 1 aliphatic heterocycles. The van der Waals surface area contributed by atoms with Gasteiger partial charge in [-0.05, 0) is 49.7 Å². The van der Waals surface area contributed by atoms with Crippen LogP contribution in [0.4, 0.5) is 4.39 Å². The first kappa shape index (κ1) is 19.2. The van der Waals surface area contributed by atoms with Crippen molar-refractivity contribution < 1.29 is 9.18 Å². The van der Waals surface area contributed by atoms with Crippen LogP contribution < -0.4 is 0 Å². The molecule has 2 aromatic heterocycles. The van der Waals surface area contributed by atoms with E-state index in [4.69, 9.17) is 0 Å². The maximum atomic E-state index is 13.3. The zero-order valence-corrected chi connectivity index (χ0v) is 16.5. The molecule has 7 nitrogen and oxygen atoms in total. The Hall–Kier alpha value is -3.13. The fourth-order valence-electron chi connectivity index (χ4n) is 3.64. The van der Waals surface area contributed by atoms with E-state index in [0.717, 1.165) is 24.3 Å². The molecule has 1 aromatic carbocycles. The van der Waals surface area contributed by atoms with E-state index in [1.54, 1.807) is 30.3 Å². The maximum absolute atomic E-state index is 13.3. The van der Waals surface area contributed by atoms with Crippen molar-refractivity contribution in [2.24, 2.45) is 0 Å². The molecule has 29 heavy (non-hydrogen) atoms. The van der Waals surface area contributed by atoms with E-state index in [1.165, 1.54) is 16.8 Å². The van der Waals surface area contributed by atoms with Gasteiger partial charge >= 0.3 is 0 Å². The van der Waals surface area contributed by atoms with Gasteiger partial charge in [0.1, 0.15) is 5.82 Å². The number of aryl methyl sites for hydroxylation is 1. The summed E-state index contributed by atoms with van der Waals surface area (Å²) in [5, 5.41) is 8.09. The smallest absolute Gasteiger partial charge is 0.276 e. The van der Waals surface area contributed by atoms with Crippen molar-refractivity contribution >= 4 is 5.91 Å². The zero-order valence-electron chi connectivity index (χ0n) is 16.5. The molecule has 1 fully saturated rings. The van der Waals surface area contributed by atoms with E-state index in [9.17, 15) is 9.18 Å². The van der Waals surface area contributed by atoms with Gasteiger partial charge in [0.05, 0.1) is 17.6 Å². The Balaban J connectivity index is 1.41. The molecule has 150 valence electrons. The Morgan fingerprint density at radius 2 is 1.93 bits per heavy atom. The second-order valence-electron chi connectivity index (χ2n) is 7.24. The third-order valence-electron chi connectivity index (χ3n) is 5.38. The third kappa shape index (κ3) is 4.02. The summed E-state index contributed by atoms with van der Waals surface area (Å²) in [7, 11) is 0. The molecule has 0 bridgehead atoms. The maximum Gasteiger partial charge on any atom is 0.276 e. The minimum Gasteiger partial charge on any atom is -0.335 e. The van der Waals surface area contributed by atoms with Crippen LogP contribution in [0.25, 0.3) is 5.69 Å². The number of amides is 1. The number of aromatic nitrogens is 4. The second-order valence-corrected chi connectivity index (χ2v) is 7.24. The van der Waals surface area contributed by atoms with Crippen LogP contribution in [0.1, 0.15) is 34.7 Å². The normalized spacial score (nSPS) is 16.0. The number of nitrogens with zero attached hydrogens (tertiary/aromatic N) is 6. The molecule has 0 unspecified atom stereocenters. The Kier molecular flexibility index (Phi) is 5.35. The van der Waals surface area contributed by atoms with Crippen LogP contribution in [0.15, 0.2) is 48.8 Å². The van der Waals surface area contributed by atoms with Crippen LogP contribution in [-0.2, 0) is 0 Å². The first-order valence-electron chi connectivity index (χ1n) is 9.66. The Bertz CT molecular complexity index is 997. The van der Waals surface area contributed by atoms with Gasteiger partial charge in [0.15, 0.2) is 5.69 Å². The van der Waals surface area contributed by atoms with Gasteiger partial charge in [-0.1, -0.05) is 11.3 Å². The summed E-state index contributed by atoms with van der Waals surface area (Å²) in [5.74, 6) is -0.443. The monoisotopic (exact) mass is 394 g/mol. The highest BCUT2D eigenvalue weighted by molar-refractivity contribution is 5.92. The second kappa shape index (κ2) is 8.08. The molecule has 0 spiro atoms. The van der Waals surface area contributed by atoms with Crippen molar-refractivity contribution in [2.75, 3.05) is 26.2 Å². The first-order chi connectivity index (χ1) is 14.0. The molecule has 0 aliphatic carbocycles. The van der Waals surface area contributed by atoms with Gasteiger partial charge in [-0.3, -0.25) is 14.7 Å². The number of hydrogen-bond acceptors (Lipinski definition) is 5. The fraction of sp³-hybridized carbons (Fsp3) is 0.333. The number of benzene rings is 1. The molecular weight excluding hydrogens is 371 g/mol. The molecule has 4 rings (SSSR count). The van der Waals surface area contributed by atoms with E-state index in [2.05, 4.69) is 27.1 Å². The van der Waals surface area contributed by atoms with Gasteiger partial charge in [-0.2, -0.15) is 0 Å². The minimum atomic E-state index is -0.305. The summed E-state index contributed by atoms with van der Waals surface area (Å²) < 4.78 is 14.8. The summed E-state index contributed by atoms with van der Waals surface area (Å²) >= 11 is 0. The molecular formula is C21H23FN6O. The van der Waals surface area contributed by atoms with Gasteiger partial charge in [0.25, 0.3) is 5.91 Å². The number of carbonyl (C=O) groups is 1. The third-order valence-corrected chi connectivity index (χ3v) is 5.38. The molecule has 8 heteroatoms. The number of halogens is 1.